The lowest BCUT2D eigenvalue weighted by Crippen LogP contribution is -2.42. The van der Waals surface area contributed by atoms with Gasteiger partial charge in [-0.3, -0.25) is 0 Å². The van der Waals surface area contributed by atoms with Crippen molar-refractivity contribution in [3.8, 4) is 0 Å². The number of carbonyl (C=O) groups is 1. The van der Waals surface area contributed by atoms with Crippen molar-refractivity contribution in [1.82, 2.24) is 16.0 Å². The average Bonchev–Trinajstić information content (AvgIpc) is 2.84. The van der Waals surface area contributed by atoms with E-state index >= 15 is 0 Å². The van der Waals surface area contributed by atoms with Gasteiger partial charge in [0.25, 0.3) is 0 Å². The fourth-order valence-electron chi connectivity index (χ4n) is 1.73. The van der Waals surface area contributed by atoms with Gasteiger partial charge in [-0.15, -0.1) is 11.3 Å². The third kappa shape index (κ3) is 9.07. The van der Waals surface area contributed by atoms with Crippen LogP contribution in [-0.4, -0.2) is 37.3 Å². The molecular weight excluding hydrogens is 312 g/mol. The van der Waals surface area contributed by atoms with Crippen molar-refractivity contribution in [2.45, 2.75) is 46.8 Å². The minimum Gasteiger partial charge on any atom is -0.444 e. The fraction of sp³-hybridized carbons (Fsp3) is 0.625. The lowest BCUT2D eigenvalue weighted by atomic mass is 10.2. The summed E-state index contributed by atoms with van der Waals surface area (Å²) in [5.74, 6) is 0.740. The summed E-state index contributed by atoms with van der Waals surface area (Å²) in [4.78, 5) is 18.6. The Morgan fingerprint density at radius 1 is 1.22 bits per heavy atom. The van der Waals surface area contributed by atoms with Crippen LogP contribution >= 0.6 is 11.3 Å². The van der Waals surface area contributed by atoms with Crippen LogP contribution in [0.5, 0.6) is 0 Å². The Bertz CT molecular complexity index is 520. The van der Waals surface area contributed by atoms with Crippen LogP contribution in [0.4, 0.5) is 4.79 Å². The number of nitrogens with zero attached hydrogens (tertiary/aromatic N) is 1. The van der Waals surface area contributed by atoms with Gasteiger partial charge in [-0.05, 0) is 46.8 Å². The molecule has 0 saturated carbocycles. The zero-order chi connectivity index (χ0) is 17.3. The second-order valence-corrected chi connectivity index (χ2v) is 7.44. The van der Waals surface area contributed by atoms with Crippen molar-refractivity contribution in [2.24, 2.45) is 4.99 Å². The SMILES string of the molecule is CCNC(=NCc1ccc(C)s1)NCCNC(=O)OC(C)(C)C. The van der Waals surface area contributed by atoms with Crippen LogP contribution in [0, 0.1) is 6.92 Å². The highest BCUT2D eigenvalue weighted by atomic mass is 32.1. The van der Waals surface area contributed by atoms with Crippen LogP contribution in [0.25, 0.3) is 0 Å². The maximum absolute atomic E-state index is 11.5. The van der Waals surface area contributed by atoms with Crippen molar-refractivity contribution in [2.75, 3.05) is 19.6 Å². The second-order valence-electron chi connectivity index (χ2n) is 6.06. The van der Waals surface area contributed by atoms with Crippen molar-refractivity contribution >= 4 is 23.4 Å². The first-order valence-corrected chi connectivity index (χ1v) is 8.66. The monoisotopic (exact) mass is 340 g/mol. The molecule has 130 valence electrons. The molecule has 1 aromatic rings. The zero-order valence-electron chi connectivity index (χ0n) is 14.7. The fourth-order valence-corrected chi connectivity index (χ4v) is 2.54. The molecule has 1 amide bonds. The molecule has 6 nitrogen and oxygen atoms in total. The van der Waals surface area contributed by atoms with E-state index in [0.29, 0.717) is 19.6 Å². The average molecular weight is 340 g/mol. The van der Waals surface area contributed by atoms with E-state index in [0.717, 1.165) is 12.5 Å². The maximum Gasteiger partial charge on any atom is 0.407 e. The number of aliphatic imine (C=N–C) groups is 1. The quantitative estimate of drug-likeness (QED) is 0.423. The Kier molecular flexibility index (Phi) is 7.88. The van der Waals surface area contributed by atoms with Crippen molar-refractivity contribution in [1.29, 1.82) is 0 Å². The molecule has 0 aliphatic heterocycles. The van der Waals surface area contributed by atoms with Gasteiger partial charge in [0.2, 0.25) is 0 Å². The smallest absolute Gasteiger partial charge is 0.407 e. The Morgan fingerprint density at radius 3 is 2.48 bits per heavy atom. The van der Waals surface area contributed by atoms with Crippen LogP contribution in [-0.2, 0) is 11.3 Å². The summed E-state index contributed by atoms with van der Waals surface area (Å²) in [7, 11) is 0. The molecule has 0 aliphatic carbocycles. The summed E-state index contributed by atoms with van der Waals surface area (Å²) in [6.45, 7) is 12.1. The molecule has 23 heavy (non-hydrogen) atoms. The lowest BCUT2D eigenvalue weighted by molar-refractivity contribution is 0.0529. The van der Waals surface area contributed by atoms with E-state index in [2.05, 4.69) is 40.0 Å². The van der Waals surface area contributed by atoms with E-state index in [1.807, 2.05) is 27.7 Å². The van der Waals surface area contributed by atoms with Crippen LogP contribution < -0.4 is 16.0 Å². The molecule has 0 aliphatic rings. The minimum absolute atomic E-state index is 0.407. The molecule has 0 unspecified atom stereocenters. The summed E-state index contributed by atoms with van der Waals surface area (Å²) >= 11 is 1.75. The molecule has 1 rings (SSSR count). The second kappa shape index (κ2) is 9.39. The molecule has 0 atom stereocenters. The van der Waals surface area contributed by atoms with Gasteiger partial charge in [-0.2, -0.15) is 0 Å². The largest absolute Gasteiger partial charge is 0.444 e. The van der Waals surface area contributed by atoms with Crippen LogP contribution in [0.2, 0.25) is 0 Å². The van der Waals surface area contributed by atoms with E-state index in [1.54, 1.807) is 11.3 Å². The number of rotatable bonds is 6. The first-order chi connectivity index (χ1) is 10.8. The van der Waals surface area contributed by atoms with Crippen LogP contribution in [0.15, 0.2) is 17.1 Å². The van der Waals surface area contributed by atoms with Gasteiger partial charge in [0, 0.05) is 29.4 Å². The molecule has 0 bridgehead atoms. The Hall–Kier alpha value is -1.76. The Morgan fingerprint density at radius 2 is 1.91 bits per heavy atom. The van der Waals surface area contributed by atoms with Crippen molar-refractivity contribution in [3.05, 3.63) is 21.9 Å². The standard InChI is InChI=1S/C16H28N4O2S/c1-6-17-14(20-11-13-8-7-12(2)23-13)18-9-10-19-15(21)22-16(3,4)5/h7-8H,6,9-11H2,1-5H3,(H,19,21)(H2,17,18,20). The third-order valence-corrected chi connectivity index (χ3v) is 3.60. The van der Waals surface area contributed by atoms with E-state index in [1.165, 1.54) is 9.75 Å². The van der Waals surface area contributed by atoms with Gasteiger partial charge in [-0.1, -0.05) is 0 Å². The molecular formula is C16H28N4O2S. The molecule has 0 fully saturated rings. The Labute approximate surface area is 142 Å². The number of aryl methyl sites for hydroxylation is 1. The number of ether oxygens (including phenoxy) is 1. The van der Waals surface area contributed by atoms with Gasteiger partial charge in [0.05, 0.1) is 6.54 Å². The lowest BCUT2D eigenvalue weighted by Gasteiger charge is -2.19. The Balaban J connectivity index is 2.34. The number of guanidine groups is 1. The number of carbonyl (C=O) groups excluding carboxylic acids is 1. The summed E-state index contributed by atoms with van der Waals surface area (Å²) in [6.07, 6.45) is -0.407. The number of nitrogens with one attached hydrogen (secondary N) is 3. The first-order valence-electron chi connectivity index (χ1n) is 7.84. The van der Waals surface area contributed by atoms with Gasteiger partial charge >= 0.3 is 6.09 Å². The zero-order valence-corrected chi connectivity index (χ0v) is 15.5. The predicted molar refractivity (Wildman–Crippen MR) is 96.1 cm³/mol. The molecule has 3 N–H and O–H groups in total. The van der Waals surface area contributed by atoms with Crippen molar-refractivity contribution < 1.29 is 9.53 Å². The van der Waals surface area contributed by atoms with Crippen molar-refractivity contribution in [3.63, 3.8) is 0 Å². The number of amides is 1. The molecule has 0 saturated heterocycles. The third-order valence-electron chi connectivity index (χ3n) is 2.62. The first kappa shape index (κ1) is 19.3. The highest BCUT2D eigenvalue weighted by Crippen LogP contribution is 2.15. The maximum atomic E-state index is 11.5. The van der Waals surface area contributed by atoms with E-state index in [9.17, 15) is 4.79 Å². The highest BCUT2D eigenvalue weighted by molar-refractivity contribution is 7.11. The summed E-state index contributed by atoms with van der Waals surface area (Å²) in [5.41, 5.74) is -0.479. The molecule has 1 heterocycles. The van der Waals surface area contributed by atoms with E-state index in [-0.39, 0.29) is 0 Å². The number of hydrogen-bond acceptors (Lipinski definition) is 4. The summed E-state index contributed by atoms with van der Waals surface area (Å²) in [6, 6.07) is 4.19. The van der Waals surface area contributed by atoms with E-state index in [4.69, 9.17) is 4.74 Å². The normalized spacial score (nSPS) is 12.0. The number of alkyl carbamates (subject to hydrolysis) is 1. The van der Waals surface area contributed by atoms with Gasteiger partial charge in [-0.25, -0.2) is 9.79 Å². The molecule has 0 spiro atoms. The molecule has 0 radical (unpaired) electrons. The van der Waals surface area contributed by atoms with E-state index < -0.39 is 11.7 Å². The predicted octanol–water partition coefficient (Wildman–Crippen LogP) is 2.64. The van der Waals surface area contributed by atoms with Gasteiger partial charge in [0.1, 0.15) is 5.60 Å². The highest BCUT2D eigenvalue weighted by Gasteiger charge is 2.15. The van der Waals surface area contributed by atoms with Crippen LogP contribution in [0.1, 0.15) is 37.4 Å². The van der Waals surface area contributed by atoms with Gasteiger partial charge < -0.3 is 20.7 Å². The summed E-state index contributed by atoms with van der Waals surface area (Å²) in [5, 5.41) is 9.08. The molecule has 7 heteroatoms. The number of thiophene rings is 1. The summed E-state index contributed by atoms with van der Waals surface area (Å²) < 4.78 is 5.18. The van der Waals surface area contributed by atoms with Crippen LogP contribution in [0.3, 0.4) is 0 Å². The molecule has 0 aromatic carbocycles. The van der Waals surface area contributed by atoms with Gasteiger partial charge in [0.15, 0.2) is 5.96 Å². The minimum atomic E-state index is -0.479. The topological polar surface area (TPSA) is 74.8 Å². The number of hydrogen-bond donors (Lipinski definition) is 3. The molecule has 1 aromatic heterocycles.